The van der Waals surface area contributed by atoms with Crippen molar-refractivity contribution in [1.29, 1.82) is 0 Å². The van der Waals surface area contributed by atoms with Crippen molar-refractivity contribution in [3.8, 4) is 0 Å². The Bertz CT molecular complexity index is 1480. The van der Waals surface area contributed by atoms with E-state index in [1.807, 2.05) is 25.1 Å². The lowest BCUT2D eigenvalue weighted by Gasteiger charge is -2.31. The van der Waals surface area contributed by atoms with E-state index in [2.05, 4.69) is 43.2 Å². The molecule has 0 aliphatic carbocycles. The highest BCUT2D eigenvalue weighted by Crippen LogP contribution is 2.60. The van der Waals surface area contributed by atoms with E-state index in [0.717, 1.165) is 36.2 Å². The highest BCUT2D eigenvalue weighted by atomic mass is 28.4. The van der Waals surface area contributed by atoms with Crippen LogP contribution in [0, 0.1) is 5.92 Å². The first kappa shape index (κ1) is 33.2. The van der Waals surface area contributed by atoms with Gasteiger partial charge in [-0.25, -0.2) is 0 Å². The zero-order valence-corrected chi connectivity index (χ0v) is 28.6. The Hall–Kier alpha value is -3.15. The fraction of sp³-hybridized carbons (Fsp3) is 0.588. The van der Waals surface area contributed by atoms with Crippen molar-refractivity contribution in [2.24, 2.45) is 5.92 Å². The fourth-order valence-corrected chi connectivity index (χ4v) is 9.99. The molecule has 1 aromatic heterocycles. The molecule has 3 aliphatic rings. The quantitative estimate of drug-likeness (QED) is 0.178. The Morgan fingerprint density at radius 1 is 1.22 bits per heavy atom. The minimum atomic E-state index is -3.33. The van der Waals surface area contributed by atoms with Crippen molar-refractivity contribution >= 4 is 31.6 Å². The van der Waals surface area contributed by atoms with E-state index >= 15 is 4.11 Å². The van der Waals surface area contributed by atoms with Crippen LogP contribution in [0.4, 0.5) is 15.5 Å². The maximum Gasteiger partial charge on any atom is 0.264 e. The van der Waals surface area contributed by atoms with Crippen molar-refractivity contribution in [3.63, 3.8) is 0 Å². The number of halogens is 1. The molecule has 1 N–H and O–H groups in total. The predicted molar refractivity (Wildman–Crippen MR) is 176 cm³/mol. The number of hydrogen-bond donors (Lipinski definition) is 1. The van der Waals surface area contributed by atoms with Gasteiger partial charge < -0.3 is 23.8 Å². The topological polar surface area (TPSA) is 101 Å². The zero-order valence-electron chi connectivity index (χ0n) is 27.6. The highest BCUT2D eigenvalue weighted by molar-refractivity contribution is 6.72. The number of aliphatic hydroxyl groups excluding tert-OH is 1. The first-order valence-electron chi connectivity index (χ1n) is 16.3. The van der Waals surface area contributed by atoms with Gasteiger partial charge in [0.2, 0.25) is 14.3 Å². The highest BCUT2D eigenvalue weighted by Gasteiger charge is 2.66. The number of ether oxygens (including phenoxy) is 1. The number of rotatable bonds is 12. The molecule has 4 atom stereocenters. The molecule has 2 aromatic rings. The largest absolute Gasteiger partial charge is 0.396 e. The average molecular weight is 638 g/mol. The summed E-state index contributed by atoms with van der Waals surface area (Å²) < 4.78 is 24.9. The van der Waals surface area contributed by atoms with Crippen molar-refractivity contribution < 1.29 is 23.5 Å². The summed E-state index contributed by atoms with van der Waals surface area (Å²) in [6.07, 6.45) is 9.64. The third-order valence-electron chi connectivity index (χ3n) is 9.64. The molecule has 244 valence electrons. The molecular formula is C34H48FN5O4Si. The van der Waals surface area contributed by atoms with E-state index in [1.54, 1.807) is 33.8 Å². The van der Waals surface area contributed by atoms with Crippen LogP contribution in [-0.4, -0.2) is 66.1 Å². The molecule has 0 saturated carbocycles. The molecule has 2 saturated heterocycles. The molecule has 9 nitrogen and oxygen atoms in total. The van der Waals surface area contributed by atoms with Crippen LogP contribution >= 0.6 is 0 Å². The Morgan fingerprint density at radius 2 is 2.00 bits per heavy atom. The number of anilines is 2. The summed E-state index contributed by atoms with van der Waals surface area (Å²) in [5, 5.41) is 17.6. The first-order valence-corrected chi connectivity index (χ1v) is 19.2. The number of aromatic nitrogens is 3. The molecule has 3 aliphatic heterocycles. The minimum Gasteiger partial charge on any atom is -0.396 e. The van der Waals surface area contributed by atoms with E-state index in [1.165, 1.54) is 11.1 Å². The van der Waals surface area contributed by atoms with Crippen LogP contribution in [0.1, 0.15) is 71.1 Å². The molecule has 45 heavy (non-hydrogen) atoms. The van der Waals surface area contributed by atoms with Gasteiger partial charge in [0.1, 0.15) is 0 Å². The maximum atomic E-state index is 16.3. The number of carbonyl (C=O) groups is 2. The summed E-state index contributed by atoms with van der Waals surface area (Å²) in [7, 11) is -3.33. The third-order valence-corrected chi connectivity index (χ3v) is 12.1. The van der Waals surface area contributed by atoms with Gasteiger partial charge >= 0.3 is 0 Å². The monoisotopic (exact) mass is 637 g/mol. The van der Waals surface area contributed by atoms with Crippen LogP contribution in [0.5, 0.6) is 0 Å². The number of carbonyl (C=O) groups excluding carboxylic acids is 2. The summed E-state index contributed by atoms with van der Waals surface area (Å²) in [5.41, 5.74) is 3.62. The number of amides is 2. The molecule has 11 heteroatoms. The zero-order chi connectivity index (χ0) is 32.5. The smallest absolute Gasteiger partial charge is 0.264 e. The van der Waals surface area contributed by atoms with Crippen LogP contribution < -0.4 is 9.80 Å². The van der Waals surface area contributed by atoms with E-state index in [-0.39, 0.29) is 18.4 Å². The van der Waals surface area contributed by atoms with Gasteiger partial charge in [0.05, 0.1) is 17.5 Å². The second-order valence-corrected chi connectivity index (χ2v) is 17.4. The Labute approximate surface area is 267 Å². The van der Waals surface area contributed by atoms with Gasteiger partial charge in [-0.3, -0.25) is 14.3 Å². The molecule has 0 bridgehead atoms. The van der Waals surface area contributed by atoms with Crippen molar-refractivity contribution in [3.05, 3.63) is 59.0 Å². The Kier molecular flexibility index (Phi) is 9.81. The van der Waals surface area contributed by atoms with Gasteiger partial charge in [-0.05, 0) is 77.7 Å². The second-order valence-electron chi connectivity index (χ2n) is 13.6. The van der Waals surface area contributed by atoms with Gasteiger partial charge in [-0.2, -0.15) is 0 Å². The summed E-state index contributed by atoms with van der Waals surface area (Å²) in [6.45, 7) is 13.1. The number of fused-ring (bicyclic) bond motifs is 2. The Balaban J connectivity index is 1.51. The predicted octanol–water partition coefficient (Wildman–Crippen LogP) is 5.84. The lowest BCUT2D eigenvalue weighted by Crippen LogP contribution is -2.45. The fourth-order valence-electron chi connectivity index (χ4n) is 7.45. The average Bonchev–Trinajstić information content (AvgIpc) is 3.73. The lowest BCUT2D eigenvalue weighted by atomic mass is 9.82. The van der Waals surface area contributed by atoms with Crippen LogP contribution in [0.3, 0.4) is 0 Å². The van der Waals surface area contributed by atoms with Gasteiger partial charge in [-0.1, -0.05) is 35.4 Å². The van der Waals surface area contributed by atoms with E-state index in [4.69, 9.17) is 4.74 Å². The molecule has 2 amide bonds. The third kappa shape index (κ3) is 6.57. The van der Waals surface area contributed by atoms with Gasteiger partial charge in [0.25, 0.3) is 5.91 Å². The molecule has 4 heterocycles. The normalized spacial score (nSPS) is 25.2. The molecular weight excluding hydrogens is 589 g/mol. The molecule has 5 rings (SSSR count). The number of allylic oxidation sites excluding steroid dienone is 3. The molecule has 0 radical (unpaired) electrons. The maximum absolute atomic E-state index is 16.3. The van der Waals surface area contributed by atoms with Crippen molar-refractivity contribution in [2.45, 2.75) is 103 Å². The number of hydrogen-bond acceptors (Lipinski definition) is 6. The molecule has 2 fully saturated rings. The summed E-state index contributed by atoms with van der Waals surface area (Å²) in [4.78, 5) is 31.0. The van der Waals surface area contributed by atoms with Gasteiger partial charge in [0, 0.05) is 68.0 Å². The number of nitrogens with zero attached hydrogens (tertiary/aromatic N) is 5. The molecule has 0 unspecified atom stereocenters. The standard InChI is InChI=1S/C34H48FN5O4Si/c1-23(2)9-7-10-24(3)14-19-40-29-13-12-27(39-17-8-11-31(39)42)21-28(29)34(33(40)43)25(4)32(45(5,6)35)30(44-34)15-18-38-22-26(16-20-41)36-37-38/h9,12-14,21-22,25,30,32,41H,7-8,10-11,15-20H2,1-6H3/b24-14+/t25-,30+,32-,34+/m0/s1. The van der Waals surface area contributed by atoms with Gasteiger partial charge in [-0.15, -0.1) is 5.10 Å². The van der Waals surface area contributed by atoms with Gasteiger partial charge in [0.15, 0.2) is 5.60 Å². The van der Waals surface area contributed by atoms with Crippen LogP contribution in [0.2, 0.25) is 18.6 Å². The summed E-state index contributed by atoms with van der Waals surface area (Å²) in [5.74, 6) is -0.514. The van der Waals surface area contributed by atoms with Crippen molar-refractivity contribution in [1.82, 2.24) is 15.0 Å². The Morgan fingerprint density at radius 3 is 2.67 bits per heavy atom. The number of benzene rings is 1. The lowest BCUT2D eigenvalue weighted by molar-refractivity contribution is -0.145. The SMILES string of the molecule is CC(C)=CCC/C(C)=C/CN1C(=O)[C@]2(O[C@H](CCn3cc(CCO)nn3)[C@@H]([Si](C)(C)F)[C@@H]2C)c2cc(N3CCCC3=O)ccc21. The number of aliphatic hydroxyl groups is 1. The molecule has 1 spiro atoms. The van der Waals surface area contributed by atoms with Crippen LogP contribution in [-0.2, 0) is 32.9 Å². The minimum absolute atomic E-state index is 0.0125. The summed E-state index contributed by atoms with van der Waals surface area (Å²) >= 11 is 0. The van der Waals surface area contributed by atoms with Crippen molar-refractivity contribution in [2.75, 3.05) is 29.5 Å². The second kappa shape index (κ2) is 13.3. The van der Waals surface area contributed by atoms with E-state index in [0.29, 0.717) is 44.6 Å². The van der Waals surface area contributed by atoms with E-state index < -0.39 is 31.6 Å². The molecule has 1 aromatic carbocycles. The van der Waals surface area contributed by atoms with Crippen LogP contribution in [0.15, 0.2) is 47.7 Å². The first-order chi connectivity index (χ1) is 21.4. The summed E-state index contributed by atoms with van der Waals surface area (Å²) in [6, 6.07) is 5.80. The van der Waals surface area contributed by atoms with E-state index in [9.17, 15) is 14.7 Å². The number of aryl methyl sites for hydroxylation is 1. The van der Waals surface area contributed by atoms with Crippen LogP contribution in [0.25, 0.3) is 0 Å².